The molecule has 2 aliphatic rings. The lowest BCUT2D eigenvalue weighted by Gasteiger charge is -2.04. The Balaban J connectivity index is 1.77. The van der Waals surface area contributed by atoms with Crippen molar-refractivity contribution in [1.82, 2.24) is 0 Å². The summed E-state index contributed by atoms with van der Waals surface area (Å²) in [5.74, 6) is 1.95. The normalized spacial score (nSPS) is 22.4. The van der Waals surface area contributed by atoms with Crippen LogP contribution in [0.15, 0.2) is 11.6 Å². The molecule has 1 N–H and O–H groups in total. The van der Waals surface area contributed by atoms with Crippen molar-refractivity contribution in [3.63, 3.8) is 0 Å². The van der Waals surface area contributed by atoms with Crippen LogP contribution in [0.4, 0.5) is 0 Å². The molecule has 0 amide bonds. The Morgan fingerprint density at radius 3 is 1.92 bits per heavy atom. The molecule has 0 atom stereocenters. The predicted octanol–water partition coefficient (Wildman–Crippen LogP) is 2.51. The van der Waals surface area contributed by atoms with Crippen molar-refractivity contribution in [2.75, 3.05) is 6.61 Å². The molecule has 0 radical (unpaired) electrons. The highest BCUT2D eigenvalue weighted by molar-refractivity contribution is 5.08. The lowest BCUT2D eigenvalue weighted by atomic mass is 10.0. The molecule has 12 heavy (non-hydrogen) atoms. The molecular formula is C11H18O. The van der Waals surface area contributed by atoms with E-state index in [-0.39, 0.29) is 6.61 Å². The van der Waals surface area contributed by atoms with Crippen molar-refractivity contribution < 1.29 is 5.11 Å². The lowest BCUT2D eigenvalue weighted by Crippen LogP contribution is -1.90. The van der Waals surface area contributed by atoms with Crippen molar-refractivity contribution in [1.29, 1.82) is 0 Å². The number of hydrogen-bond acceptors (Lipinski definition) is 1. The zero-order chi connectivity index (χ0) is 8.39. The molecule has 0 saturated heterocycles. The van der Waals surface area contributed by atoms with E-state index in [2.05, 4.69) is 0 Å². The second-order valence-corrected chi connectivity index (χ2v) is 4.34. The number of rotatable bonds is 5. The number of aliphatic hydroxyl groups is 1. The van der Waals surface area contributed by atoms with E-state index in [1.54, 1.807) is 0 Å². The first-order valence-corrected chi connectivity index (χ1v) is 5.17. The molecule has 0 aromatic heterocycles. The minimum absolute atomic E-state index is 0.245. The molecule has 0 aromatic rings. The zero-order valence-corrected chi connectivity index (χ0v) is 7.63. The summed E-state index contributed by atoms with van der Waals surface area (Å²) >= 11 is 0. The second-order valence-electron chi connectivity index (χ2n) is 4.34. The van der Waals surface area contributed by atoms with Crippen molar-refractivity contribution in [3.8, 4) is 0 Å². The molecule has 0 aromatic carbocycles. The fourth-order valence-electron chi connectivity index (χ4n) is 1.76. The van der Waals surface area contributed by atoms with Crippen LogP contribution in [0.3, 0.4) is 0 Å². The molecular weight excluding hydrogens is 148 g/mol. The molecule has 2 saturated carbocycles. The Bertz CT molecular complexity index is 159. The molecule has 0 heterocycles. The number of hydrogen-bond donors (Lipinski definition) is 1. The van der Waals surface area contributed by atoms with Crippen molar-refractivity contribution in [2.24, 2.45) is 11.8 Å². The summed E-state index contributed by atoms with van der Waals surface area (Å²) < 4.78 is 0. The van der Waals surface area contributed by atoms with E-state index in [4.69, 9.17) is 5.11 Å². The summed E-state index contributed by atoms with van der Waals surface area (Å²) in [6.45, 7) is 0.245. The Labute approximate surface area is 74.5 Å². The monoisotopic (exact) mass is 166 g/mol. The van der Waals surface area contributed by atoms with Gasteiger partial charge in [-0.15, -0.1) is 0 Å². The van der Waals surface area contributed by atoms with Gasteiger partial charge in [0.2, 0.25) is 0 Å². The Morgan fingerprint density at radius 1 is 1.08 bits per heavy atom. The fraction of sp³-hybridized carbons (Fsp3) is 0.818. The Morgan fingerprint density at radius 2 is 1.58 bits per heavy atom. The first-order chi connectivity index (χ1) is 5.88. The highest BCUT2D eigenvalue weighted by Crippen LogP contribution is 2.41. The first kappa shape index (κ1) is 8.31. The van der Waals surface area contributed by atoms with Gasteiger partial charge in [-0.2, -0.15) is 0 Å². The Hall–Kier alpha value is -0.300. The van der Waals surface area contributed by atoms with Gasteiger partial charge in [0, 0.05) is 0 Å². The van der Waals surface area contributed by atoms with Gasteiger partial charge in [-0.1, -0.05) is 11.6 Å². The third-order valence-corrected chi connectivity index (χ3v) is 2.88. The van der Waals surface area contributed by atoms with Crippen molar-refractivity contribution >= 4 is 0 Å². The Kier molecular flexibility index (Phi) is 2.50. The minimum atomic E-state index is 0.245. The SMILES string of the molecule is OCC=C(CC1CC1)CC1CC1. The van der Waals surface area contributed by atoms with Gasteiger partial charge in [0.05, 0.1) is 6.61 Å². The molecule has 2 rings (SSSR count). The van der Waals surface area contributed by atoms with E-state index in [9.17, 15) is 0 Å². The van der Waals surface area contributed by atoms with Gasteiger partial charge < -0.3 is 5.11 Å². The summed E-state index contributed by atoms with van der Waals surface area (Å²) in [5, 5.41) is 8.83. The van der Waals surface area contributed by atoms with Crippen LogP contribution in [0.1, 0.15) is 38.5 Å². The molecule has 2 aliphatic carbocycles. The zero-order valence-electron chi connectivity index (χ0n) is 7.63. The van der Waals surface area contributed by atoms with Gasteiger partial charge in [-0.3, -0.25) is 0 Å². The highest BCUT2D eigenvalue weighted by Gasteiger charge is 2.26. The van der Waals surface area contributed by atoms with Crippen LogP contribution in [0.2, 0.25) is 0 Å². The summed E-state index contributed by atoms with van der Waals surface area (Å²) in [6, 6.07) is 0. The van der Waals surface area contributed by atoms with Gasteiger partial charge in [0.15, 0.2) is 0 Å². The fourth-order valence-corrected chi connectivity index (χ4v) is 1.76. The smallest absolute Gasteiger partial charge is 0.0615 e. The average Bonchev–Trinajstić information content (AvgIpc) is 2.82. The van der Waals surface area contributed by atoms with Crippen LogP contribution in [0.5, 0.6) is 0 Å². The molecule has 0 spiro atoms. The molecule has 68 valence electrons. The van der Waals surface area contributed by atoms with Crippen LogP contribution < -0.4 is 0 Å². The van der Waals surface area contributed by atoms with Crippen molar-refractivity contribution in [2.45, 2.75) is 38.5 Å². The summed E-state index contributed by atoms with van der Waals surface area (Å²) in [7, 11) is 0. The number of aliphatic hydroxyl groups excluding tert-OH is 1. The van der Waals surface area contributed by atoms with Gasteiger partial charge >= 0.3 is 0 Å². The minimum Gasteiger partial charge on any atom is -0.392 e. The molecule has 1 heteroatoms. The third kappa shape index (κ3) is 2.63. The van der Waals surface area contributed by atoms with E-state index < -0.39 is 0 Å². The van der Waals surface area contributed by atoms with Crippen molar-refractivity contribution in [3.05, 3.63) is 11.6 Å². The van der Waals surface area contributed by atoms with Crippen LogP contribution >= 0.6 is 0 Å². The van der Waals surface area contributed by atoms with Crippen LogP contribution in [-0.2, 0) is 0 Å². The molecule has 0 aliphatic heterocycles. The van der Waals surface area contributed by atoms with Gasteiger partial charge in [0.1, 0.15) is 0 Å². The first-order valence-electron chi connectivity index (χ1n) is 5.17. The summed E-state index contributed by atoms with van der Waals surface area (Å²) in [4.78, 5) is 0. The van der Waals surface area contributed by atoms with Gasteiger partial charge in [-0.25, -0.2) is 0 Å². The van der Waals surface area contributed by atoms with Gasteiger partial charge in [0.25, 0.3) is 0 Å². The van der Waals surface area contributed by atoms with Crippen LogP contribution in [-0.4, -0.2) is 11.7 Å². The maximum Gasteiger partial charge on any atom is 0.0615 e. The van der Waals surface area contributed by atoms with E-state index in [0.717, 1.165) is 11.8 Å². The largest absolute Gasteiger partial charge is 0.392 e. The summed E-state index contributed by atoms with van der Waals surface area (Å²) in [6.07, 6.45) is 10.3. The number of allylic oxidation sites excluding steroid dienone is 1. The molecule has 0 bridgehead atoms. The molecule has 2 fully saturated rings. The maximum absolute atomic E-state index is 8.83. The van der Waals surface area contributed by atoms with E-state index in [1.807, 2.05) is 6.08 Å². The predicted molar refractivity (Wildman–Crippen MR) is 49.9 cm³/mol. The standard InChI is InChI=1S/C11H18O/c12-6-5-11(7-9-1-2-9)8-10-3-4-10/h5,9-10,12H,1-4,6-8H2. The highest BCUT2D eigenvalue weighted by atomic mass is 16.2. The molecule has 0 unspecified atom stereocenters. The van der Waals surface area contributed by atoms with E-state index >= 15 is 0 Å². The average molecular weight is 166 g/mol. The van der Waals surface area contributed by atoms with E-state index in [1.165, 1.54) is 44.1 Å². The second kappa shape index (κ2) is 3.61. The topological polar surface area (TPSA) is 20.2 Å². The van der Waals surface area contributed by atoms with Crippen LogP contribution in [0, 0.1) is 11.8 Å². The van der Waals surface area contributed by atoms with Crippen LogP contribution in [0.25, 0.3) is 0 Å². The maximum atomic E-state index is 8.83. The third-order valence-electron chi connectivity index (χ3n) is 2.88. The van der Waals surface area contributed by atoms with Gasteiger partial charge in [-0.05, 0) is 50.4 Å². The molecule has 1 nitrogen and oxygen atoms in total. The lowest BCUT2D eigenvalue weighted by molar-refractivity contribution is 0.340. The quantitative estimate of drug-likeness (QED) is 0.622. The van der Waals surface area contributed by atoms with E-state index in [0.29, 0.717) is 0 Å². The summed E-state index contributed by atoms with van der Waals surface area (Å²) in [5.41, 5.74) is 1.53.